The SMILES string of the molecule is C=CCCOc1cccc(CN[C@@]2(C)C[C@H](O[C@H]3[C@H](Oc4c5cc6cc4Oc4ccc(cc4Cl)[C@@H](O)[C@@H](NC(=O)[C@@H](CC(C)C)NC)C(=O)N[C@@H](CC(N)=O)C(=O)N[C@H]6C(=O)N[C@H]4C(=O)N[C@H](C(=O)N[C@H](C(=O)O)c6cc(O)cc(O)c6-c6cc4ccc6O)[C@H](O)c4ccc(c(Cl)c4)O5)O[C@H](CO)[C@@H](O)[C@@H]3O)O[C@@H](C)[C@H]2O)c1. The van der Waals surface area contributed by atoms with Gasteiger partial charge < -0.3 is 132 Å². The second-order valence-corrected chi connectivity index (χ2v) is 29.4. The number of fused-ring (bicyclic) bond motifs is 15. The summed E-state index contributed by atoms with van der Waals surface area (Å²) in [5.74, 6) is -15.5. The van der Waals surface area contributed by atoms with Gasteiger partial charge in [0.2, 0.25) is 53.4 Å². The maximum absolute atomic E-state index is 16.2. The number of benzene rings is 6. The van der Waals surface area contributed by atoms with Crippen LogP contribution in [0.1, 0.15) is 117 Å². The van der Waals surface area contributed by atoms with Crippen LogP contribution in [0.2, 0.25) is 10.0 Å². The fraction of sp³-hybridized carbons (Fsp3) is 0.403. The molecule has 113 heavy (non-hydrogen) atoms. The van der Waals surface area contributed by atoms with E-state index in [2.05, 4.69) is 49.1 Å². The summed E-state index contributed by atoms with van der Waals surface area (Å²) in [6.07, 6.45) is -16.4. The molecular weight excluding hydrogens is 1520 g/mol. The van der Waals surface area contributed by atoms with E-state index in [4.69, 9.17) is 62.1 Å². The number of halogens is 2. The summed E-state index contributed by atoms with van der Waals surface area (Å²) in [6.45, 7) is 10.2. The third-order valence-electron chi connectivity index (χ3n) is 19.9. The summed E-state index contributed by atoms with van der Waals surface area (Å²) < 4.78 is 45.3. The average molecular weight is 1610 g/mol. The molecule has 0 saturated carbocycles. The van der Waals surface area contributed by atoms with E-state index in [0.29, 0.717) is 18.8 Å². The van der Waals surface area contributed by atoms with Crippen LogP contribution in [0.15, 0.2) is 116 Å². The number of phenols is 3. The van der Waals surface area contributed by atoms with E-state index in [1.807, 2.05) is 26.0 Å². The van der Waals surface area contributed by atoms with Crippen molar-refractivity contribution in [2.75, 3.05) is 20.3 Å². The number of carboxylic acid groups (broad SMARTS) is 1. The molecule has 20 N–H and O–H groups in total. The Hall–Kier alpha value is -10.4. The molecule has 7 aliphatic heterocycles. The van der Waals surface area contributed by atoms with Gasteiger partial charge in [-0.25, -0.2) is 4.79 Å². The van der Waals surface area contributed by atoms with Crippen molar-refractivity contribution < 1.29 is 123 Å². The third-order valence-corrected chi connectivity index (χ3v) is 20.5. The highest BCUT2D eigenvalue weighted by molar-refractivity contribution is 6.32. The van der Waals surface area contributed by atoms with Gasteiger partial charge in [-0.3, -0.25) is 33.6 Å². The number of amides is 7. The van der Waals surface area contributed by atoms with Crippen LogP contribution in [0.25, 0.3) is 11.1 Å². The largest absolute Gasteiger partial charge is 0.508 e. The lowest BCUT2D eigenvalue weighted by Crippen LogP contribution is -2.65. The van der Waals surface area contributed by atoms with Crippen LogP contribution in [-0.2, 0) is 59.1 Å². The van der Waals surface area contributed by atoms with Crippen molar-refractivity contribution in [3.63, 3.8) is 0 Å². The van der Waals surface area contributed by atoms with E-state index in [0.717, 1.165) is 72.3 Å². The predicted octanol–water partition coefficient (Wildman–Crippen LogP) is 2.89. The minimum Gasteiger partial charge on any atom is -0.508 e. The lowest BCUT2D eigenvalue weighted by atomic mass is 9.84. The summed E-state index contributed by atoms with van der Waals surface area (Å²) in [7, 11) is 1.48. The number of ether oxygens (including phenoxy) is 7. The molecule has 0 unspecified atom stereocenters. The first kappa shape index (κ1) is 83.5. The van der Waals surface area contributed by atoms with Crippen molar-refractivity contribution in [1.82, 2.24) is 42.5 Å². The van der Waals surface area contributed by atoms with Gasteiger partial charge in [-0.15, -0.1) is 6.58 Å². The molecule has 7 aliphatic rings. The van der Waals surface area contributed by atoms with Crippen molar-refractivity contribution in [1.29, 1.82) is 0 Å². The van der Waals surface area contributed by atoms with Crippen LogP contribution in [0.3, 0.4) is 0 Å². The number of aromatic hydroxyl groups is 3. The van der Waals surface area contributed by atoms with E-state index < -0.39 is 237 Å². The zero-order chi connectivity index (χ0) is 81.8. The number of carboxylic acids is 1. The number of aliphatic carboxylic acids is 1. The highest BCUT2D eigenvalue weighted by Crippen LogP contribution is 2.50. The number of primary amides is 1. The van der Waals surface area contributed by atoms with Gasteiger partial charge >= 0.3 is 5.97 Å². The highest BCUT2D eigenvalue weighted by Gasteiger charge is 2.52. The third kappa shape index (κ3) is 18.6. The quantitative estimate of drug-likeness (QED) is 0.0386. The molecule has 0 aliphatic carbocycles. The Morgan fingerprint density at radius 2 is 1.38 bits per heavy atom. The molecule has 2 fully saturated rings. The van der Waals surface area contributed by atoms with Gasteiger partial charge in [-0.05, 0) is 134 Å². The molecule has 6 aromatic rings. The topological polar surface area (TPSA) is 526 Å². The second kappa shape index (κ2) is 35.3. The van der Waals surface area contributed by atoms with Gasteiger partial charge in [0.15, 0.2) is 29.9 Å². The Bertz CT molecular complexity index is 4640. The van der Waals surface area contributed by atoms with Crippen LogP contribution >= 0.6 is 23.2 Å². The Morgan fingerprint density at radius 1 is 0.735 bits per heavy atom. The minimum absolute atomic E-state index is 0.106. The Balaban J connectivity index is 1.12. The predicted molar refractivity (Wildman–Crippen MR) is 399 cm³/mol. The number of aliphatic hydroxyl groups is 6. The number of likely N-dealkylation sites (N-methyl/N-ethyl adjacent to an activating group) is 1. The Labute approximate surface area is 655 Å². The van der Waals surface area contributed by atoms with Crippen LogP contribution < -0.4 is 67.2 Å². The average Bonchev–Trinajstić information content (AvgIpc) is 0.748. The number of carbonyl (C=O) groups is 8. The van der Waals surface area contributed by atoms with Crippen LogP contribution in [-0.4, -0.2) is 198 Å². The summed E-state index contributed by atoms with van der Waals surface area (Å²) in [6, 6.07) is 6.57. The zero-order valence-electron chi connectivity index (χ0n) is 61.4. The first-order valence-corrected chi connectivity index (χ1v) is 36.7. The Morgan fingerprint density at radius 3 is 2.01 bits per heavy atom. The minimum atomic E-state index is -2.36. The van der Waals surface area contributed by atoms with Crippen molar-refractivity contribution in [3.05, 3.63) is 159 Å². The maximum atomic E-state index is 16.2. The number of nitrogens with two attached hydrogens (primary N) is 1. The van der Waals surface area contributed by atoms with Gasteiger partial charge in [-0.1, -0.05) is 73.5 Å². The standard InChI is InChI=1S/C77H87Cl2N9O25/c1-7-8-18-107-40-11-9-10-34(20-40)30-82-77(5)29-55(108-33(4)68(77)98)112-67-65(97)64(96)53(31-89)111-76(67)113-66-51-24-38-25-52(66)110-50-17-14-37(23-44(50)79)63(95)61-74(104)86-59(75(105)106)42-26-39(90)27-48(92)56(42)41-21-35(12-15-47(41)91)57(71(101)88-61)85-72(102)58(38)84-70(100)46(28-54(80)93)83-73(103)60(87-69(99)45(81-6)19-32(2)3)62(94)36-13-16-49(109-51)43(78)22-36/h7,9-17,20-27,32-33,45-46,53,55,57-65,67-68,76,81-82,89-92,94-98H,1,8,18-19,28-31H2,2-6H3,(H2,80,93)(H,83,103)(H,84,100)(H,85,102)(H,86,104)(H,87,99)(H,88,101)(H,105,106)/t33-,45+,46-,53+,55-,57+,58+,59-,60+,61-,62+,63+,64+,65-,67+,68+,76-,77-/m0/s1. The number of carbonyl (C=O) groups excluding carboxylic acids is 7. The number of nitrogens with one attached hydrogen (secondary N) is 8. The van der Waals surface area contributed by atoms with E-state index in [1.165, 1.54) is 19.2 Å². The smallest absolute Gasteiger partial charge is 0.330 e. The molecule has 13 rings (SSSR count). The lowest BCUT2D eigenvalue weighted by Gasteiger charge is -2.48. The molecule has 0 aromatic heterocycles. The number of rotatable bonds is 20. The molecule has 18 atom stereocenters. The molecule has 2 saturated heterocycles. The van der Waals surface area contributed by atoms with E-state index in [1.54, 1.807) is 32.1 Å². The zero-order valence-corrected chi connectivity index (χ0v) is 62.9. The van der Waals surface area contributed by atoms with Gasteiger partial charge in [0.1, 0.15) is 95.2 Å². The number of phenolic OH excluding ortho intramolecular Hbond substituents is 3. The van der Waals surface area contributed by atoms with Gasteiger partial charge in [0, 0.05) is 41.3 Å². The van der Waals surface area contributed by atoms with E-state index >= 15 is 14.4 Å². The van der Waals surface area contributed by atoms with E-state index in [-0.39, 0.29) is 52.8 Å². The van der Waals surface area contributed by atoms with Crippen molar-refractivity contribution in [2.24, 2.45) is 11.7 Å². The molecular formula is C77H87Cl2N9O25. The molecule has 36 heteroatoms. The van der Waals surface area contributed by atoms with Crippen molar-refractivity contribution >= 4 is 70.5 Å². The summed E-state index contributed by atoms with van der Waals surface area (Å²) in [5, 5.41) is 136. The molecule has 0 spiro atoms. The monoisotopic (exact) mass is 1610 g/mol. The van der Waals surface area contributed by atoms with Gasteiger partial charge in [0.05, 0.1) is 47.9 Å². The molecule has 34 nitrogen and oxygen atoms in total. The Kier molecular flexibility index (Phi) is 26.1. The summed E-state index contributed by atoms with van der Waals surface area (Å²) in [5.41, 5.74) is 2.43. The molecule has 7 amide bonds. The van der Waals surface area contributed by atoms with Crippen molar-refractivity contribution in [2.45, 2.75) is 169 Å². The molecule has 604 valence electrons. The number of hydrogen-bond donors (Lipinski definition) is 19. The summed E-state index contributed by atoms with van der Waals surface area (Å²) >= 11 is 14.3. The van der Waals surface area contributed by atoms with Crippen molar-refractivity contribution in [3.8, 4) is 62.9 Å². The van der Waals surface area contributed by atoms with E-state index in [9.17, 15) is 75.0 Å². The van der Waals surface area contributed by atoms with Gasteiger partial charge in [0.25, 0.3) is 0 Å². The molecule has 6 aromatic carbocycles. The molecule has 0 radical (unpaired) electrons. The highest BCUT2D eigenvalue weighted by atomic mass is 35.5. The fourth-order valence-corrected chi connectivity index (χ4v) is 14.4. The van der Waals surface area contributed by atoms with Gasteiger partial charge in [-0.2, -0.15) is 0 Å². The number of hydrogen-bond acceptors (Lipinski definition) is 26. The normalized spacial score (nSPS) is 27.5. The number of aliphatic hydroxyl groups excluding tert-OH is 6. The molecule has 7 heterocycles. The lowest BCUT2D eigenvalue weighted by molar-refractivity contribution is -0.334. The molecule has 11 bridgehead atoms. The second-order valence-electron chi connectivity index (χ2n) is 28.6. The first-order chi connectivity index (χ1) is 53.7. The first-order valence-electron chi connectivity index (χ1n) is 35.9. The summed E-state index contributed by atoms with van der Waals surface area (Å²) in [4.78, 5) is 118. The van der Waals surface area contributed by atoms with Crippen LogP contribution in [0.5, 0.6) is 51.7 Å². The fourth-order valence-electron chi connectivity index (χ4n) is 13.9. The maximum Gasteiger partial charge on any atom is 0.330 e. The van der Waals surface area contributed by atoms with Crippen LogP contribution in [0, 0.1) is 5.92 Å². The van der Waals surface area contributed by atoms with Crippen LogP contribution in [0.4, 0.5) is 0 Å².